The van der Waals surface area contributed by atoms with E-state index in [0.29, 0.717) is 0 Å². The summed E-state index contributed by atoms with van der Waals surface area (Å²) in [7, 11) is 0. The minimum absolute atomic E-state index is 0.00641. The van der Waals surface area contributed by atoms with Gasteiger partial charge in [0.25, 0.3) is 0 Å². The van der Waals surface area contributed by atoms with Gasteiger partial charge in [-0.3, -0.25) is 14.8 Å². The number of nitrogens with zero attached hydrogens (tertiary/aromatic N) is 3. The van der Waals surface area contributed by atoms with E-state index >= 15 is 0 Å². The van der Waals surface area contributed by atoms with Gasteiger partial charge in [-0.1, -0.05) is 0 Å². The van der Waals surface area contributed by atoms with Crippen LogP contribution in [-0.2, 0) is 16.8 Å². The maximum absolute atomic E-state index is 12.5. The van der Waals surface area contributed by atoms with Crippen LogP contribution in [0.5, 0.6) is 0 Å². The monoisotopic (exact) mass is 318 g/mol. The third kappa shape index (κ3) is 3.30. The number of nitrogens with one attached hydrogen (secondary N) is 1. The molecule has 1 N–H and O–H groups in total. The summed E-state index contributed by atoms with van der Waals surface area (Å²) >= 11 is 0. The highest BCUT2D eigenvalue weighted by Gasteiger charge is 2.31. The second kappa shape index (κ2) is 6.27. The van der Waals surface area contributed by atoms with Crippen molar-refractivity contribution in [1.29, 1.82) is 0 Å². The predicted molar refractivity (Wildman–Crippen MR) is 91.3 cm³/mol. The van der Waals surface area contributed by atoms with Crippen LogP contribution in [0, 0.1) is 0 Å². The molecule has 2 heterocycles. The molecule has 0 spiro atoms. The molecule has 0 radical (unpaired) electrons. The molecule has 1 aromatic heterocycles. The minimum Gasteiger partial charge on any atom is -0.341 e. The van der Waals surface area contributed by atoms with Crippen LogP contribution >= 0.6 is 0 Å². The van der Waals surface area contributed by atoms with E-state index in [9.17, 15) is 4.79 Å². The molecule has 0 unspecified atom stereocenters. The molecule has 1 aromatic rings. The van der Waals surface area contributed by atoms with Crippen LogP contribution in [0.25, 0.3) is 0 Å². The fourth-order valence-electron chi connectivity index (χ4n) is 3.89. The lowest BCUT2D eigenvalue weighted by molar-refractivity contribution is -0.132. The molecule has 23 heavy (non-hydrogen) atoms. The zero-order valence-corrected chi connectivity index (χ0v) is 14.9. The molecule has 1 fully saturated rings. The van der Waals surface area contributed by atoms with Gasteiger partial charge in [-0.05, 0) is 59.8 Å². The number of hydrogen-bond acceptors (Lipinski definition) is 3. The van der Waals surface area contributed by atoms with Crippen molar-refractivity contribution in [2.45, 2.75) is 77.4 Å². The molecule has 3 rings (SSSR count). The Morgan fingerprint density at radius 2 is 2.00 bits per heavy atom. The maximum Gasteiger partial charge on any atom is 0.239 e. The summed E-state index contributed by atoms with van der Waals surface area (Å²) in [5.41, 5.74) is 2.63. The van der Waals surface area contributed by atoms with E-state index in [-0.39, 0.29) is 23.5 Å². The van der Waals surface area contributed by atoms with Gasteiger partial charge >= 0.3 is 0 Å². The van der Waals surface area contributed by atoms with Gasteiger partial charge in [0, 0.05) is 30.4 Å². The highest BCUT2D eigenvalue weighted by Crippen LogP contribution is 2.32. The standard InChI is InChI=1S/C18H30N4O/c1-13(17(23)21-10-5-6-11-21)20-15-8-7-9-16-14(15)12-19-22(16)18(2,3)4/h12-13,15,20H,5-11H2,1-4H3/t13-,15-/m1/s1. The summed E-state index contributed by atoms with van der Waals surface area (Å²) in [6.07, 6.45) is 7.61. The van der Waals surface area contributed by atoms with E-state index in [1.807, 2.05) is 18.0 Å². The van der Waals surface area contributed by atoms with E-state index in [1.165, 1.54) is 11.3 Å². The van der Waals surface area contributed by atoms with Gasteiger partial charge in [-0.15, -0.1) is 0 Å². The van der Waals surface area contributed by atoms with Gasteiger partial charge in [0.1, 0.15) is 0 Å². The van der Waals surface area contributed by atoms with Gasteiger partial charge in [0.05, 0.1) is 17.8 Å². The van der Waals surface area contributed by atoms with Gasteiger partial charge < -0.3 is 4.90 Å². The number of carbonyl (C=O) groups is 1. The molecule has 1 saturated heterocycles. The summed E-state index contributed by atoms with van der Waals surface area (Å²) in [5, 5.41) is 8.20. The van der Waals surface area contributed by atoms with Gasteiger partial charge in [-0.25, -0.2) is 0 Å². The van der Waals surface area contributed by atoms with Crippen molar-refractivity contribution in [3.05, 3.63) is 17.5 Å². The van der Waals surface area contributed by atoms with Crippen molar-refractivity contribution in [3.63, 3.8) is 0 Å². The normalized spacial score (nSPS) is 23.0. The van der Waals surface area contributed by atoms with Crippen LogP contribution < -0.4 is 5.32 Å². The van der Waals surface area contributed by atoms with E-state index in [0.717, 1.165) is 45.2 Å². The van der Waals surface area contributed by atoms with Crippen molar-refractivity contribution >= 4 is 5.91 Å². The van der Waals surface area contributed by atoms with Crippen molar-refractivity contribution in [2.24, 2.45) is 0 Å². The lowest BCUT2D eigenvalue weighted by Gasteiger charge is -2.30. The molecule has 2 aliphatic rings. The molecule has 0 saturated carbocycles. The second-order valence-corrected chi connectivity index (χ2v) is 7.99. The van der Waals surface area contributed by atoms with Crippen molar-refractivity contribution in [2.75, 3.05) is 13.1 Å². The van der Waals surface area contributed by atoms with Crippen LogP contribution in [0.2, 0.25) is 0 Å². The number of likely N-dealkylation sites (tertiary alicyclic amines) is 1. The van der Waals surface area contributed by atoms with E-state index in [2.05, 4.69) is 35.9 Å². The Labute approximate surface area is 139 Å². The summed E-state index contributed by atoms with van der Waals surface area (Å²) in [6, 6.07) is 0.124. The smallest absolute Gasteiger partial charge is 0.239 e. The fourth-order valence-corrected chi connectivity index (χ4v) is 3.89. The fraction of sp³-hybridized carbons (Fsp3) is 0.778. The lowest BCUT2D eigenvalue weighted by Crippen LogP contribution is -2.45. The summed E-state index contributed by atoms with van der Waals surface area (Å²) in [6.45, 7) is 10.4. The molecular formula is C18H30N4O. The quantitative estimate of drug-likeness (QED) is 0.932. The Morgan fingerprint density at radius 1 is 1.30 bits per heavy atom. The molecule has 1 amide bonds. The number of carbonyl (C=O) groups excluding carboxylic acids is 1. The average Bonchev–Trinajstić information content (AvgIpc) is 3.15. The Morgan fingerprint density at radius 3 is 2.65 bits per heavy atom. The van der Waals surface area contributed by atoms with Crippen molar-refractivity contribution in [3.8, 4) is 0 Å². The van der Waals surface area contributed by atoms with Gasteiger partial charge in [0.2, 0.25) is 5.91 Å². The van der Waals surface area contributed by atoms with Crippen LogP contribution in [0.1, 0.15) is 70.7 Å². The third-order valence-corrected chi connectivity index (χ3v) is 5.06. The molecular weight excluding hydrogens is 288 g/mol. The molecule has 1 aliphatic carbocycles. The first-order chi connectivity index (χ1) is 10.9. The Balaban J connectivity index is 1.73. The zero-order chi connectivity index (χ0) is 16.6. The molecule has 1 aliphatic heterocycles. The van der Waals surface area contributed by atoms with Crippen LogP contribution in [-0.4, -0.2) is 39.7 Å². The Hall–Kier alpha value is -1.36. The highest BCUT2D eigenvalue weighted by molar-refractivity contribution is 5.81. The van der Waals surface area contributed by atoms with Gasteiger partial charge in [0.15, 0.2) is 0 Å². The van der Waals surface area contributed by atoms with Crippen LogP contribution in [0.3, 0.4) is 0 Å². The third-order valence-electron chi connectivity index (χ3n) is 5.06. The van der Waals surface area contributed by atoms with Crippen molar-refractivity contribution in [1.82, 2.24) is 20.0 Å². The van der Waals surface area contributed by atoms with E-state index < -0.39 is 0 Å². The number of fused-ring (bicyclic) bond motifs is 1. The average molecular weight is 318 g/mol. The summed E-state index contributed by atoms with van der Waals surface area (Å²) in [5.74, 6) is 0.248. The largest absolute Gasteiger partial charge is 0.341 e. The molecule has 128 valence electrons. The Kier molecular flexibility index (Phi) is 4.50. The second-order valence-electron chi connectivity index (χ2n) is 7.99. The molecule has 0 aromatic carbocycles. The predicted octanol–water partition coefficient (Wildman–Crippen LogP) is 2.62. The molecule has 2 atom stereocenters. The van der Waals surface area contributed by atoms with Crippen LogP contribution in [0.4, 0.5) is 0 Å². The first-order valence-electron chi connectivity index (χ1n) is 9.00. The maximum atomic E-state index is 12.5. The van der Waals surface area contributed by atoms with E-state index in [4.69, 9.17) is 0 Å². The number of aromatic nitrogens is 2. The Bertz CT molecular complexity index is 566. The minimum atomic E-state index is -0.123. The molecule has 5 nitrogen and oxygen atoms in total. The summed E-state index contributed by atoms with van der Waals surface area (Å²) < 4.78 is 2.16. The first kappa shape index (κ1) is 16.5. The first-order valence-corrected chi connectivity index (χ1v) is 9.00. The number of hydrogen-bond donors (Lipinski definition) is 1. The highest BCUT2D eigenvalue weighted by atomic mass is 16.2. The zero-order valence-electron chi connectivity index (χ0n) is 14.9. The lowest BCUT2D eigenvalue weighted by atomic mass is 9.91. The SMILES string of the molecule is C[C@@H](N[C@@H]1CCCc2c1cnn2C(C)(C)C)C(=O)N1CCCC1. The number of rotatable bonds is 3. The molecule has 0 bridgehead atoms. The topological polar surface area (TPSA) is 50.2 Å². The summed E-state index contributed by atoms with van der Waals surface area (Å²) in [4.78, 5) is 14.5. The number of amides is 1. The van der Waals surface area contributed by atoms with E-state index in [1.54, 1.807) is 0 Å². The van der Waals surface area contributed by atoms with Gasteiger partial charge in [-0.2, -0.15) is 5.10 Å². The molecule has 5 heteroatoms. The van der Waals surface area contributed by atoms with Crippen LogP contribution in [0.15, 0.2) is 6.20 Å². The van der Waals surface area contributed by atoms with Crippen molar-refractivity contribution < 1.29 is 4.79 Å².